The van der Waals surface area contributed by atoms with Crippen LogP contribution in [-0.4, -0.2) is 0 Å². The monoisotopic (exact) mass is 130 g/mol. The Hall–Kier alpha value is 0.130. The van der Waals surface area contributed by atoms with Crippen LogP contribution in [0.2, 0.25) is 0 Å². The maximum Gasteiger partial charge on any atom is 0.00830 e. The van der Waals surface area contributed by atoms with Crippen molar-refractivity contribution in [3.63, 3.8) is 0 Å². The van der Waals surface area contributed by atoms with Crippen LogP contribution in [-0.2, 0) is 6.16 Å². The zero-order valence-electron chi connectivity index (χ0n) is 3.92. The molecule has 1 rings (SSSR count). The van der Waals surface area contributed by atoms with E-state index in [0.29, 0.717) is 0 Å². The summed E-state index contributed by atoms with van der Waals surface area (Å²) in [5.74, 6) is 0. The molecule has 0 radical (unpaired) electrons. The topological polar surface area (TPSA) is 0 Å². The average molecular weight is 130 g/mol. The van der Waals surface area contributed by atoms with E-state index in [4.69, 9.17) is 0 Å². The lowest BCUT2D eigenvalue weighted by molar-refractivity contribution is 1.56. The number of rotatable bonds is 1. The quantitative estimate of drug-likeness (QED) is 0.511. The van der Waals surface area contributed by atoms with Gasteiger partial charge >= 0.3 is 0 Å². The zero-order valence-corrected chi connectivity index (χ0v) is 5.90. The summed E-state index contributed by atoms with van der Waals surface area (Å²) in [7, 11) is 2.69. The summed E-state index contributed by atoms with van der Waals surface area (Å²) >= 11 is 1.80. The van der Waals surface area contributed by atoms with Crippen LogP contribution in [0.4, 0.5) is 0 Å². The molecule has 7 heavy (non-hydrogen) atoms. The molecule has 0 N–H and O–H groups in total. The van der Waals surface area contributed by atoms with Gasteiger partial charge in [0.1, 0.15) is 0 Å². The van der Waals surface area contributed by atoms with Gasteiger partial charge in [-0.25, -0.2) is 0 Å². The fraction of sp³-hybridized carbons (Fsp3) is 0.200. The Kier molecular flexibility index (Phi) is 1.84. The van der Waals surface area contributed by atoms with Crippen molar-refractivity contribution in [2.75, 3.05) is 0 Å². The first-order valence-electron chi connectivity index (χ1n) is 2.16. The molecule has 1 aromatic rings. The molecular formula is C5H7PS. The lowest BCUT2D eigenvalue weighted by atomic mass is 10.5. The first-order valence-corrected chi connectivity index (χ1v) is 3.85. The Labute approximate surface area is 49.8 Å². The Bertz CT molecular complexity index is 123. The van der Waals surface area contributed by atoms with Gasteiger partial charge in [-0.05, 0) is 17.6 Å². The third kappa shape index (κ3) is 1.25. The normalized spacial score (nSPS) is 9.29. The van der Waals surface area contributed by atoms with Crippen LogP contribution < -0.4 is 0 Å². The van der Waals surface area contributed by atoms with Gasteiger partial charge in [0, 0.05) is 4.88 Å². The lowest BCUT2D eigenvalue weighted by Crippen LogP contribution is -1.57. The largest absolute Gasteiger partial charge is 0.149 e. The molecule has 1 heterocycles. The number of thiophene rings is 1. The van der Waals surface area contributed by atoms with Crippen LogP contribution in [0.15, 0.2) is 17.5 Å². The van der Waals surface area contributed by atoms with Gasteiger partial charge in [-0.1, -0.05) is 6.07 Å². The second-order valence-electron chi connectivity index (χ2n) is 1.28. The summed E-state index contributed by atoms with van der Waals surface area (Å²) in [4.78, 5) is 1.44. The summed E-state index contributed by atoms with van der Waals surface area (Å²) in [5, 5.41) is 2.10. The number of hydrogen-bond acceptors (Lipinski definition) is 1. The Balaban J connectivity index is 2.76. The maximum absolute atomic E-state index is 2.69. The first kappa shape index (κ1) is 5.27. The van der Waals surface area contributed by atoms with Crippen molar-refractivity contribution < 1.29 is 0 Å². The van der Waals surface area contributed by atoms with E-state index in [-0.39, 0.29) is 0 Å². The van der Waals surface area contributed by atoms with Gasteiger partial charge < -0.3 is 0 Å². The van der Waals surface area contributed by atoms with E-state index in [1.807, 2.05) is 0 Å². The SMILES string of the molecule is PCc1cccs1. The standard InChI is InChI=1S/C5H7PS/c6-4-5-2-1-3-7-5/h1-3H,4,6H2. The predicted octanol–water partition coefficient (Wildman–Crippen LogP) is 2.12. The first-order chi connectivity index (χ1) is 3.43. The molecule has 1 unspecified atom stereocenters. The molecule has 0 saturated heterocycles. The molecule has 0 fully saturated rings. The van der Waals surface area contributed by atoms with Gasteiger partial charge in [0.05, 0.1) is 0 Å². The molecule has 0 saturated carbocycles. The van der Waals surface area contributed by atoms with Crippen LogP contribution in [0, 0.1) is 0 Å². The van der Waals surface area contributed by atoms with E-state index in [0.717, 1.165) is 6.16 Å². The van der Waals surface area contributed by atoms with Crippen molar-refractivity contribution in [1.82, 2.24) is 0 Å². The summed E-state index contributed by atoms with van der Waals surface area (Å²) in [5.41, 5.74) is 0. The van der Waals surface area contributed by atoms with E-state index in [9.17, 15) is 0 Å². The van der Waals surface area contributed by atoms with E-state index in [1.54, 1.807) is 11.3 Å². The van der Waals surface area contributed by atoms with Gasteiger partial charge in [0.25, 0.3) is 0 Å². The van der Waals surface area contributed by atoms with E-state index in [2.05, 4.69) is 26.8 Å². The smallest absolute Gasteiger partial charge is 0.00830 e. The highest BCUT2D eigenvalue weighted by Crippen LogP contribution is 2.11. The molecule has 38 valence electrons. The van der Waals surface area contributed by atoms with E-state index < -0.39 is 0 Å². The van der Waals surface area contributed by atoms with Gasteiger partial charge in [-0.3, -0.25) is 0 Å². The molecule has 2 heteroatoms. The molecule has 1 atom stereocenters. The van der Waals surface area contributed by atoms with Gasteiger partial charge in [-0.15, -0.1) is 20.6 Å². The van der Waals surface area contributed by atoms with Crippen molar-refractivity contribution in [3.8, 4) is 0 Å². The summed E-state index contributed by atoms with van der Waals surface area (Å²) in [6.07, 6.45) is 1.09. The van der Waals surface area contributed by atoms with Crippen molar-refractivity contribution in [3.05, 3.63) is 22.4 Å². The van der Waals surface area contributed by atoms with Crippen LogP contribution in [0.1, 0.15) is 4.88 Å². The fourth-order valence-electron chi connectivity index (χ4n) is 0.429. The van der Waals surface area contributed by atoms with Crippen LogP contribution in [0.5, 0.6) is 0 Å². The Morgan fingerprint density at radius 2 is 2.57 bits per heavy atom. The van der Waals surface area contributed by atoms with Crippen LogP contribution >= 0.6 is 20.6 Å². The van der Waals surface area contributed by atoms with Crippen molar-refractivity contribution in [2.24, 2.45) is 0 Å². The van der Waals surface area contributed by atoms with E-state index >= 15 is 0 Å². The highest BCUT2D eigenvalue weighted by molar-refractivity contribution is 7.18. The highest BCUT2D eigenvalue weighted by atomic mass is 32.1. The molecule has 0 amide bonds. The molecule has 0 aliphatic carbocycles. The minimum atomic E-state index is 1.09. The Morgan fingerprint density at radius 3 is 2.86 bits per heavy atom. The molecule has 0 bridgehead atoms. The third-order valence-corrected chi connectivity index (χ3v) is 2.42. The molecule has 0 nitrogen and oxygen atoms in total. The van der Waals surface area contributed by atoms with Crippen molar-refractivity contribution in [2.45, 2.75) is 6.16 Å². The predicted molar refractivity (Wildman–Crippen MR) is 37.7 cm³/mol. The molecule has 0 spiro atoms. The fourth-order valence-corrected chi connectivity index (χ4v) is 1.44. The third-order valence-electron chi connectivity index (χ3n) is 0.781. The molecule has 1 aromatic heterocycles. The zero-order chi connectivity index (χ0) is 5.11. The molecule has 0 aliphatic rings. The second-order valence-corrected chi connectivity index (χ2v) is 2.72. The second kappa shape index (κ2) is 2.44. The van der Waals surface area contributed by atoms with Crippen molar-refractivity contribution >= 4 is 20.6 Å². The average Bonchev–Trinajstić information content (AvgIpc) is 2.14. The minimum Gasteiger partial charge on any atom is -0.149 e. The minimum absolute atomic E-state index is 1.09. The van der Waals surface area contributed by atoms with Gasteiger partial charge in [0.15, 0.2) is 0 Å². The Morgan fingerprint density at radius 1 is 1.71 bits per heavy atom. The highest BCUT2D eigenvalue weighted by Gasteiger charge is 1.82. The van der Waals surface area contributed by atoms with Crippen LogP contribution in [0.25, 0.3) is 0 Å². The number of hydrogen-bond donors (Lipinski definition) is 0. The van der Waals surface area contributed by atoms with Crippen LogP contribution in [0.3, 0.4) is 0 Å². The summed E-state index contributed by atoms with van der Waals surface area (Å²) in [6, 6.07) is 4.21. The summed E-state index contributed by atoms with van der Waals surface area (Å²) in [6.45, 7) is 0. The van der Waals surface area contributed by atoms with E-state index in [1.165, 1.54) is 4.88 Å². The summed E-state index contributed by atoms with van der Waals surface area (Å²) < 4.78 is 0. The van der Waals surface area contributed by atoms with Crippen molar-refractivity contribution in [1.29, 1.82) is 0 Å². The lowest BCUT2D eigenvalue weighted by Gasteiger charge is -1.78. The maximum atomic E-state index is 2.69. The van der Waals surface area contributed by atoms with Gasteiger partial charge in [-0.2, -0.15) is 0 Å². The molecule has 0 aromatic carbocycles. The molecular weight excluding hydrogens is 123 g/mol. The van der Waals surface area contributed by atoms with Gasteiger partial charge in [0.2, 0.25) is 0 Å². The molecule has 0 aliphatic heterocycles.